The van der Waals surface area contributed by atoms with Crippen molar-refractivity contribution in [2.45, 2.75) is 32.2 Å². The molecule has 28 heavy (non-hydrogen) atoms. The Bertz CT molecular complexity index is 999. The molecule has 3 rings (SSSR count). The van der Waals surface area contributed by atoms with Crippen LogP contribution in [0.25, 0.3) is 0 Å². The SMILES string of the molecule is COC(=O)c1c(NC(=O)[C@H](C)N(c2ccccc2)S(C)(=O)=O)sc2c1CCC2. The van der Waals surface area contributed by atoms with Crippen molar-refractivity contribution in [2.75, 3.05) is 23.0 Å². The Labute approximate surface area is 168 Å². The van der Waals surface area contributed by atoms with Crippen LogP contribution in [0.1, 0.15) is 34.1 Å². The van der Waals surface area contributed by atoms with Crippen LogP contribution >= 0.6 is 11.3 Å². The summed E-state index contributed by atoms with van der Waals surface area (Å²) in [6, 6.07) is 7.44. The van der Waals surface area contributed by atoms with E-state index in [0.717, 1.165) is 40.3 Å². The molecule has 0 unspecified atom stereocenters. The summed E-state index contributed by atoms with van der Waals surface area (Å²) in [5, 5.41) is 3.16. The van der Waals surface area contributed by atoms with Gasteiger partial charge in [-0.25, -0.2) is 13.2 Å². The average Bonchev–Trinajstić information content (AvgIpc) is 3.21. The molecule has 0 spiro atoms. The van der Waals surface area contributed by atoms with E-state index < -0.39 is 27.9 Å². The highest BCUT2D eigenvalue weighted by atomic mass is 32.2. The molecule has 1 N–H and O–H groups in total. The number of rotatable bonds is 6. The van der Waals surface area contributed by atoms with Gasteiger partial charge in [0.2, 0.25) is 15.9 Å². The summed E-state index contributed by atoms with van der Waals surface area (Å²) in [7, 11) is -2.40. The predicted molar refractivity (Wildman–Crippen MR) is 110 cm³/mol. The first-order chi connectivity index (χ1) is 13.2. The van der Waals surface area contributed by atoms with Crippen molar-refractivity contribution in [1.82, 2.24) is 0 Å². The van der Waals surface area contributed by atoms with Crippen LogP contribution in [0.4, 0.5) is 10.7 Å². The van der Waals surface area contributed by atoms with E-state index in [0.29, 0.717) is 16.3 Å². The highest BCUT2D eigenvalue weighted by Crippen LogP contribution is 2.39. The second kappa shape index (κ2) is 7.92. The number of carbonyl (C=O) groups excluding carboxylic acids is 2. The third-order valence-corrected chi connectivity index (χ3v) is 7.10. The molecule has 0 radical (unpaired) electrons. The first-order valence-corrected chi connectivity index (χ1v) is 11.5. The van der Waals surface area contributed by atoms with Gasteiger partial charge >= 0.3 is 5.97 Å². The molecule has 0 saturated heterocycles. The van der Waals surface area contributed by atoms with E-state index >= 15 is 0 Å². The van der Waals surface area contributed by atoms with Crippen LogP contribution in [0.2, 0.25) is 0 Å². The molecule has 0 bridgehead atoms. The summed E-state index contributed by atoms with van der Waals surface area (Å²) >= 11 is 1.35. The molecular weight excluding hydrogens is 400 g/mol. The summed E-state index contributed by atoms with van der Waals surface area (Å²) in [6.07, 6.45) is 3.64. The topological polar surface area (TPSA) is 92.8 Å². The van der Waals surface area contributed by atoms with E-state index in [1.54, 1.807) is 30.3 Å². The third-order valence-electron chi connectivity index (χ3n) is 4.65. The summed E-state index contributed by atoms with van der Waals surface area (Å²) in [5.74, 6) is -1.01. The zero-order valence-corrected chi connectivity index (χ0v) is 17.5. The van der Waals surface area contributed by atoms with Crippen LogP contribution < -0.4 is 9.62 Å². The quantitative estimate of drug-likeness (QED) is 0.723. The summed E-state index contributed by atoms with van der Waals surface area (Å²) in [5.41, 5.74) is 1.70. The van der Waals surface area contributed by atoms with Crippen LogP contribution in [0.15, 0.2) is 30.3 Å². The van der Waals surface area contributed by atoms with Crippen molar-refractivity contribution in [2.24, 2.45) is 0 Å². The number of hydrogen-bond donors (Lipinski definition) is 1. The molecule has 0 fully saturated rings. The number of aryl methyl sites for hydroxylation is 1. The Morgan fingerprint density at radius 2 is 1.89 bits per heavy atom. The number of hydrogen-bond acceptors (Lipinski definition) is 6. The molecule has 0 saturated carbocycles. The maximum Gasteiger partial charge on any atom is 0.341 e. The van der Waals surface area contributed by atoms with Crippen LogP contribution in [-0.2, 0) is 32.4 Å². The number of benzene rings is 1. The minimum absolute atomic E-state index is 0.381. The van der Waals surface area contributed by atoms with Gasteiger partial charge in [0.25, 0.3) is 0 Å². The van der Waals surface area contributed by atoms with Gasteiger partial charge in [0.05, 0.1) is 24.6 Å². The molecule has 1 amide bonds. The highest BCUT2D eigenvalue weighted by molar-refractivity contribution is 7.92. The number of fused-ring (bicyclic) bond motifs is 1. The average molecular weight is 423 g/mol. The lowest BCUT2D eigenvalue weighted by Gasteiger charge is -2.28. The van der Waals surface area contributed by atoms with Gasteiger partial charge in [0, 0.05) is 4.88 Å². The first kappa shape index (κ1) is 20.3. The van der Waals surface area contributed by atoms with Crippen LogP contribution in [-0.4, -0.2) is 39.7 Å². The Morgan fingerprint density at radius 3 is 2.50 bits per heavy atom. The number of thiophene rings is 1. The number of nitrogens with zero attached hydrogens (tertiary/aromatic N) is 1. The van der Waals surface area contributed by atoms with Gasteiger partial charge in [0.1, 0.15) is 11.0 Å². The predicted octanol–water partition coefficient (Wildman–Crippen LogP) is 2.82. The van der Waals surface area contributed by atoms with Crippen molar-refractivity contribution in [3.8, 4) is 0 Å². The number of methoxy groups -OCH3 is 1. The van der Waals surface area contributed by atoms with Crippen molar-refractivity contribution < 1.29 is 22.7 Å². The second-order valence-corrected chi connectivity index (χ2v) is 9.58. The number of nitrogens with one attached hydrogen (secondary N) is 1. The maximum atomic E-state index is 12.9. The lowest BCUT2D eigenvalue weighted by atomic mass is 10.1. The number of ether oxygens (including phenoxy) is 1. The molecule has 150 valence electrons. The fraction of sp³-hybridized carbons (Fsp3) is 0.368. The van der Waals surface area contributed by atoms with E-state index in [4.69, 9.17) is 4.74 Å². The van der Waals surface area contributed by atoms with Gasteiger partial charge in [-0.15, -0.1) is 11.3 Å². The van der Waals surface area contributed by atoms with Gasteiger partial charge < -0.3 is 10.1 Å². The smallest absolute Gasteiger partial charge is 0.341 e. The Morgan fingerprint density at radius 1 is 1.21 bits per heavy atom. The monoisotopic (exact) mass is 422 g/mol. The molecule has 0 aliphatic heterocycles. The molecule has 1 aromatic carbocycles. The van der Waals surface area contributed by atoms with Crippen LogP contribution in [0.5, 0.6) is 0 Å². The number of amides is 1. The molecule has 1 aliphatic carbocycles. The standard InChI is InChI=1S/C19H22N2O5S2/c1-12(21(28(3,24)25)13-8-5-4-6-9-13)17(22)20-18-16(19(23)26-2)14-10-7-11-15(14)27-18/h4-6,8-9,12H,7,10-11H2,1-3H3,(H,20,22)/t12-/m0/s1. The zero-order chi connectivity index (χ0) is 20.5. The molecular formula is C19H22N2O5S2. The molecule has 1 heterocycles. The van der Waals surface area contributed by atoms with Gasteiger partial charge in [-0.1, -0.05) is 18.2 Å². The highest BCUT2D eigenvalue weighted by Gasteiger charge is 2.32. The second-order valence-electron chi connectivity index (χ2n) is 6.61. The molecule has 9 heteroatoms. The minimum Gasteiger partial charge on any atom is -0.465 e. The van der Waals surface area contributed by atoms with Gasteiger partial charge in [-0.05, 0) is 43.9 Å². The van der Waals surface area contributed by atoms with Crippen LogP contribution in [0, 0.1) is 0 Å². The molecule has 7 nitrogen and oxygen atoms in total. The summed E-state index contributed by atoms with van der Waals surface area (Å²) in [4.78, 5) is 26.2. The number of sulfonamides is 1. The number of esters is 1. The number of carbonyl (C=O) groups is 2. The Balaban J connectivity index is 1.91. The van der Waals surface area contributed by atoms with E-state index in [1.807, 2.05) is 0 Å². The largest absolute Gasteiger partial charge is 0.465 e. The van der Waals surface area contributed by atoms with E-state index in [2.05, 4.69) is 5.32 Å². The van der Waals surface area contributed by atoms with Gasteiger partial charge in [-0.3, -0.25) is 9.10 Å². The van der Waals surface area contributed by atoms with Crippen molar-refractivity contribution >= 4 is 43.9 Å². The summed E-state index contributed by atoms with van der Waals surface area (Å²) in [6.45, 7) is 1.52. The van der Waals surface area contributed by atoms with Gasteiger partial charge in [0.15, 0.2) is 0 Å². The fourth-order valence-electron chi connectivity index (χ4n) is 3.41. The van der Waals surface area contributed by atoms with Gasteiger partial charge in [-0.2, -0.15) is 0 Å². The zero-order valence-electron chi connectivity index (χ0n) is 15.9. The summed E-state index contributed by atoms with van der Waals surface area (Å²) < 4.78 is 30.6. The molecule has 1 aliphatic rings. The van der Waals surface area contributed by atoms with Crippen LogP contribution in [0.3, 0.4) is 0 Å². The first-order valence-electron chi connectivity index (χ1n) is 8.82. The van der Waals surface area contributed by atoms with E-state index in [-0.39, 0.29) is 0 Å². The fourth-order valence-corrected chi connectivity index (χ4v) is 5.87. The lowest BCUT2D eigenvalue weighted by molar-refractivity contribution is -0.116. The molecule has 1 atom stereocenters. The van der Waals surface area contributed by atoms with E-state index in [9.17, 15) is 18.0 Å². The number of para-hydroxylation sites is 1. The maximum absolute atomic E-state index is 12.9. The third kappa shape index (κ3) is 3.90. The minimum atomic E-state index is -3.70. The Hall–Kier alpha value is -2.39. The normalized spacial score (nSPS) is 14.2. The Kier molecular flexibility index (Phi) is 5.76. The molecule has 2 aromatic rings. The van der Waals surface area contributed by atoms with Crippen molar-refractivity contribution in [1.29, 1.82) is 0 Å². The molecule has 1 aromatic heterocycles. The lowest BCUT2D eigenvalue weighted by Crippen LogP contribution is -2.45. The number of anilines is 2. The van der Waals surface area contributed by atoms with E-state index in [1.165, 1.54) is 25.4 Å². The van der Waals surface area contributed by atoms with Crippen molar-refractivity contribution in [3.63, 3.8) is 0 Å². The van der Waals surface area contributed by atoms with Crippen molar-refractivity contribution in [3.05, 3.63) is 46.3 Å².